The molecule has 2 aromatic rings. The minimum absolute atomic E-state index is 0.100. The fraction of sp³-hybridized carbons (Fsp3) is 0.591. The molecule has 1 aromatic heterocycles. The van der Waals surface area contributed by atoms with E-state index in [9.17, 15) is 18.0 Å². The molecule has 2 amide bonds. The van der Waals surface area contributed by atoms with Gasteiger partial charge in [0.25, 0.3) is 0 Å². The normalized spacial score (nSPS) is 22.1. The fourth-order valence-electron chi connectivity index (χ4n) is 4.35. The number of benzene rings is 1. The molecule has 180 valence electrons. The minimum atomic E-state index is -4.39. The van der Waals surface area contributed by atoms with Gasteiger partial charge in [0.15, 0.2) is 5.82 Å². The molecule has 2 saturated heterocycles. The van der Waals surface area contributed by atoms with E-state index in [0.717, 1.165) is 17.7 Å². The Bertz CT molecular complexity index is 941. The summed E-state index contributed by atoms with van der Waals surface area (Å²) in [7, 11) is 3.79. The highest BCUT2D eigenvalue weighted by Gasteiger charge is 2.37. The summed E-state index contributed by atoms with van der Waals surface area (Å²) in [5, 5.41) is 4.14. The Morgan fingerprint density at radius 2 is 1.76 bits per heavy atom. The third-order valence-corrected chi connectivity index (χ3v) is 6.01. The van der Waals surface area contributed by atoms with Crippen LogP contribution in [-0.4, -0.2) is 84.4 Å². The number of ether oxygens (including phenoxy) is 1. The number of hydrogen-bond donors (Lipinski definition) is 0. The third-order valence-electron chi connectivity index (χ3n) is 6.01. The van der Waals surface area contributed by atoms with E-state index in [2.05, 4.69) is 10.1 Å². The Morgan fingerprint density at radius 3 is 2.39 bits per heavy atom. The van der Waals surface area contributed by atoms with Gasteiger partial charge in [0.05, 0.1) is 25.3 Å². The molecule has 1 aromatic carbocycles. The van der Waals surface area contributed by atoms with Crippen LogP contribution in [-0.2, 0) is 17.5 Å². The van der Waals surface area contributed by atoms with Gasteiger partial charge in [-0.3, -0.25) is 0 Å². The van der Waals surface area contributed by atoms with Crippen molar-refractivity contribution in [3.63, 3.8) is 0 Å². The first kappa shape index (κ1) is 23.5. The topological polar surface area (TPSA) is 74.9 Å². The zero-order valence-corrected chi connectivity index (χ0v) is 18.7. The quantitative estimate of drug-likeness (QED) is 0.688. The Labute approximate surface area is 190 Å². The van der Waals surface area contributed by atoms with Crippen LogP contribution in [0.2, 0.25) is 0 Å². The summed E-state index contributed by atoms with van der Waals surface area (Å²) in [6.45, 7) is 3.35. The predicted octanol–water partition coefficient (Wildman–Crippen LogP) is 3.18. The second-order valence-electron chi connectivity index (χ2n) is 8.82. The summed E-state index contributed by atoms with van der Waals surface area (Å²) >= 11 is 0. The Morgan fingerprint density at radius 1 is 1.09 bits per heavy atom. The molecule has 0 radical (unpaired) electrons. The largest absolute Gasteiger partial charge is 0.416 e. The summed E-state index contributed by atoms with van der Waals surface area (Å²) in [4.78, 5) is 23.2. The number of alkyl halides is 3. The van der Waals surface area contributed by atoms with E-state index in [-0.39, 0.29) is 17.9 Å². The molecule has 8 nitrogen and oxygen atoms in total. The van der Waals surface area contributed by atoms with Crippen LogP contribution >= 0.6 is 0 Å². The number of carbonyl (C=O) groups excluding carboxylic acids is 1. The number of amides is 2. The molecule has 2 aliphatic rings. The van der Waals surface area contributed by atoms with E-state index >= 15 is 0 Å². The molecular weight excluding hydrogens is 439 g/mol. The van der Waals surface area contributed by atoms with Crippen molar-refractivity contribution in [1.29, 1.82) is 0 Å². The Balaban J connectivity index is 1.57. The molecule has 4 rings (SSSR count). The van der Waals surface area contributed by atoms with E-state index in [1.165, 1.54) is 12.1 Å². The first-order valence-corrected chi connectivity index (χ1v) is 11.0. The molecular formula is C22H28F3N5O3. The van der Waals surface area contributed by atoms with Crippen LogP contribution in [0.1, 0.15) is 41.1 Å². The van der Waals surface area contributed by atoms with Crippen LogP contribution < -0.4 is 0 Å². The molecule has 11 heteroatoms. The van der Waals surface area contributed by atoms with Gasteiger partial charge >= 0.3 is 12.2 Å². The van der Waals surface area contributed by atoms with Crippen LogP contribution in [0.4, 0.5) is 18.0 Å². The SMILES string of the molecule is CN(C)Cc1nc(C2CC(c3ccc(C(F)(F)F)cc3)CN(C(=O)N3CCOCC3)C2)no1. The molecule has 0 saturated carbocycles. The molecule has 33 heavy (non-hydrogen) atoms. The number of aromatic nitrogens is 2. The van der Waals surface area contributed by atoms with Crippen molar-refractivity contribution in [2.75, 3.05) is 53.5 Å². The number of hydrogen-bond acceptors (Lipinski definition) is 6. The molecule has 0 bridgehead atoms. The van der Waals surface area contributed by atoms with E-state index in [0.29, 0.717) is 64.1 Å². The van der Waals surface area contributed by atoms with E-state index in [1.54, 1.807) is 9.80 Å². The maximum Gasteiger partial charge on any atom is 0.416 e. The van der Waals surface area contributed by atoms with Gasteiger partial charge in [0.1, 0.15) is 0 Å². The number of likely N-dealkylation sites (tertiary alicyclic amines) is 1. The number of urea groups is 1. The van der Waals surface area contributed by atoms with Crippen LogP contribution in [0.25, 0.3) is 0 Å². The third kappa shape index (κ3) is 5.64. The van der Waals surface area contributed by atoms with Gasteiger partial charge in [-0.15, -0.1) is 0 Å². The number of piperidine rings is 1. The summed E-state index contributed by atoms with van der Waals surface area (Å²) in [6, 6.07) is 5.09. The molecule has 2 aliphatic heterocycles. The maximum absolute atomic E-state index is 13.2. The fourth-order valence-corrected chi connectivity index (χ4v) is 4.35. The average molecular weight is 467 g/mol. The number of morpholine rings is 1. The standard InChI is InChI=1S/C22H28F3N5O3/c1-28(2)14-19-26-20(27-33-19)17-11-16(15-3-5-18(6-4-15)22(23,24)25)12-30(13-17)21(31)29-7-9-32-10-8-29/h3-6,16-17H,7-14H2,1-2H3. The van der Waals surface area contributed by atoms with Gasteiger partial charge < -0.3 is 24.0 Å². The summed E-state index contributed by atoms with van der Waals surface area (Å²) in [5.41, 5.74) is 0.0656. The second kappa shape index (κ2) is 9.68. The highest BCUT2D eigenvalue weighted by molar-refractivity contribution is 5.75. The maximum atomic E-state index is 13.2. The van der Waals surface area contributed by atoms with Crippen molar-refractivity contribution < 1.29 is 27.2 Å². The van der Waals surface area contributed by atoms with Gasteiger partial charge in [-0.05, 0) is 38.2 Å². The highest BCUT2D eigenvalue weighted by Crippen LogP contribution is 2.37. The van der Waals surface area contributed by atoms with Crippen molar-refractivity contribution >= 4 is 6.03 Å². The highest BCUT2D eigenvalue weighted by atomic mass is 19.4. The number of nitrogens with zero attached hydrogens (tertiary/aromatic N) is 5. The zero-order valence-electron chi connectivity index (χ0n) is 18.7. The molecule has 2 atom stereocenters. The molecule has 3 heterocycles. The minimum Gasteiger partial charge on any atom is -0.378 e. The van der Waals surface area contributed by atoms with Gasteiger partial charge in [0.2, 0.25) is 5.89 Å². The van der Waals surface area contributed by atoms with Gasteiger partial charge in [-0.25, -0.2) is 4.79 Å². The first-order chi connectivity index (χ1) is 15.7. The van der Waals surface area contributed by atoms with E-state index < -0.39 is 11.7 Å². The van der Waals surface area contributed by atoms with Crippen LogP contribution in [0.15, 0.2) is 28.8 Å². The summed E-state index contributed by atoms with van der Waals surface area (Å²) < 4.78 is 49.8. The van der Waals surface area contributed by atoms with Gasteiger partial charge in [-0.2, -0.15) is 18.2 Å². The Hall–Kier alpha value is -2.66. The predicted molar refractivity (Wildman–Crippen MR) is 113 cm³/mol. The molecule has 0 spiro atoms. The van der Waals surface area contributed by atoms with E-state index in [4.69, 9.17) is 9.26 Å². The smallest absolute Gasteiger partial charge is 0.378 e. The lowest BCUT2D eigenvalue weighted by atomic mass is 9.84. The van der Waals surface area contributed by atoms with Gasteiger partial charge in [-0.1, -0.05) is 17.3 Å². The number of halogens is 3. The summed E-state index contributed by atoms with van der Waals surface area (Å²) in [6.07, 6.45) is -3.78. The zero-order chi connectivity index (χ0) is 23.6. The van der Waals surface area contributed by atoms with Crippen LogP contribution in [0.3, 0.4) is 0 Å². The van der Waals surface area contributed by atoms with Crippen molar-refractivity contribution in [3.05, 3.63) is 47.1 Å². The second-order valence-corrected chi connectivity index (χ2v) is 8.82. The first-order valence-electron chi connectivity index (χ1n) is 11.0. The number of rotatable bonds is 4. The van der Waals surface area contributed by atoms with Crippen molar-refractivity contribution in [1.82, 2.24) is 24.8 Å². The summed E-state index contributed by atoms with van der Waals surface area (Å²) in [5.74, 6) is 0.670. The lowest BCUT2D eigenvalue weighted by Gasteiger charge is -2.40. The molecule has 0 aliphatic carbocycles. The molecule has 0 N–H and O–H groups in total. The molecule has 2 unspecified atom stereocenters. The van der Waals surface area contributed by atoms with Crippen molar-refractivity contribution in [2.24, 2.45) is 0 Å². The molecule has 2 fully saturated rings. The monoisotopic (exact) mass is 467 g/mol. The van der Waals surface area contributed by atoms with E-state index in [1.807, 2.05) is 19.0 Å². The number of carbonyl (C=O) groups is 1. The van der Waals surface area contributed by atoms with Crippen LogP contribution in [0.5, 0.6) is 0 Å². The lowest BCUT2D eigenvalue weighted by molar-refractivity contribution is -0.137. The van der Waals surface area contributed by atoms with Gasteiger partial charge in [0, 0.05) is 38.0 Å². The van der Waals surface area contributed by atoms with Crippen molar-refractivity contribution in [2.45, 2.75) is 31.0 Å². The average Bonchev–Trinajstić information content (AvgIpc) is 3.26. The lowest BCUT2D eigenvalue weighted by Crippen LogP contribution is -2.52. The van der Waals surface area contributed by atoms with Crippen molar-refractivity contribution in [3.8, 4) is 0 Å². The Kier molecular flexibility index (Phi) is 6.89. The van der Waals surface area contributed by atoms with Crippen LogP contribution in [0, 0.1) is 0 Å².